The van der Waals surface area contributed by atoms with Crippen molar-refractivity contribution in [3.05, 3.63) is 24.0 Å². The number of nitrogens with zero attached hydrogens (tertiary/aromatic N) is 2. The van der Waals surface area contributed by atoms with Gasteiger partial charge in [0.1, 0.15) is 5.69 Å². The van der Waals surface area contributed by atoms with Gasteiger partial charge in [0.15, 0.2) is 0 Å². The van der Waals surface area contributed by atoms with Crippen molar-refractivity contribution in [3.8, 4) is 0 Å². The quantitative estimate of drug-likeness (QED) is 0.819. The third kappa shape index (κ3) is 5.90. The number of nitrogens with one attached hydrogen (secondary N) is 1. The van der Waals surface area contributed by atoms with Crippen LogP contribution in [0.1, 0.15) is 29.8 Å². The Balaban J connectivity index is 2.41. The highest BCUT2D eigenvalue weighted by Crippen LogP contribution is 2.22. The molecular formula is C13H18F3N3O. The summed E-state index contributed by atoms with van der Waals surface area (Å²) in [5.41, 5.74) is 0.979. The van der Waals surface area contributed by atoms with Gasteiger partial charge >= 0.3 is 6.18 Å². The molecule has 4 nitrogen and oxygen atoms in total. The van der Waals surface area contributed by atoms with E-state index in [1.807, 2.05) is 0 Å². The number of aromatic nitrogens is 1. The zero-order valence-corrected chi connectivity index (χ0v) is 11.5. The standard InChI is InChI=1S/C13H18F3N3O/c1-19(2)12(20)11-9-10(5-8-18-11)17-7-4-3-6-13(14,15)16/h5,8-9H,3-4,6-7H2,1-2H3,(H,17,18). The lowest BCUT2D eigenvalue weighted by atomic mass is 10.2. The molecule has 0 aliphatic heterocycles. The number of halogens is 3. The Morgan fingerprint density at radius 2 is 2.05 bits per heavy atom. The molecule has 0 saturated carbocycles. The van der Waals surface area contributed by atoms with Gasteiger partial charge in [-0.2, -0.15) is 13.2 Å². The van der Waals surface area contributed by atoms with Gasteiger partial charge in [-0.25, -0.2) is 0 Å². The van der Waals surface area contributed by atoms with E-state index < -0.39 is 12.6 Å². The van der Waals surface area contributed by atoms with Crippen molar-refractivity contribution in [1.82, 2.24) is 9.88 Å². The van der Waals surface area contributed by atoms with Crippen LogP contribution in [0.2, 0.25) is 0 Å². The van der Waals surface area contributed by atoms with E-state index in [0.717, 1.165) is 0 Å². The maximum atomic E-state index is 12.0. The van der Waals surface area contributed by atoms with Gasteiger partial charge in [0.25, 0.3) is 5.91 Å². The number of anilines is 1. The van der Waals surface area contributed by atoms with Crippen molar-refractivity contribution in [1.29, 1.82) is 0 Å². The molecular weight excluding hydrogens is 271 g/mol. The number of carbonyl (C=O) groups excluding carboxylic acids is 1. The number of amides is 1. The summed E-state index contributed by atoms with van der Waals surface area (Å²) in [5.74, 6) is -0.217. The second-order valence-electron chi connectivity index (χ2n) is 4.63. The van der Waals surface area contributed by atoms with Crippen LogP contribution in [-0.2, 0) is 0 Å². The molecule has 1 aromatic heterocycles. The molecule has 0 bridgehead atoms. The second kappa shape index (κ2) is 7.12. The van der Waals surface area contributed by atoms with Crippen molar-refractivity contribution in [2.45, 2.75) is 25.4 Å². The summed E-state index contributed by atoms with van der Waals surface area (Å²) < 4.78 is 35.9. The van der Waals surface area contributed by atoms with Crippen LogP contribution in [0, 0.1) is 0 Å². The average Bonchev–Trinajstić information content (AvgIpc) is 2.36. The highest BCUT2D eigenvalue weighted by Gasteiger charge is 2.25. The van der Waals surface area contributed by atoms with E-state index in [0.29, 0.717) is 24.3 Å². The molecule has 1 rings (SSSR count). The van der Waals surface area contributed by atoms with Crippen molar-refractivity contribution in [2.24, 2.45) is 0 Å². The first-order valence-corrected chi connectivity index (χ1v) is 6.28. The van der Waals surface area contributed by atoms with Gasteiger partial charge < -0.3 is 10.2 Å². The topological polar surface area (TPSA) is 45.2 Å². The molecule has 0 atom stereocenters. The lowest BCUT2D eigenvalue weighted by Crippen LogP contribution is -2.22. The molecule has 20 heavy (non-hydrogen) atoms. The number of hydrogen-bond acceptors (Lipinski definition) is 3. The van der Waals surface area contributed by atoms with E-state index in [4.69, 9.17) is 0 Å². The van der Waals surface area contributed by atoms with Crippen molar-refractivity contribution >= 4 is 11.6 Å². The summed E-state index contributed by atoms with van der Waals surface area (Å²) in [6, 6.07) is 3.27. The van der Waals surface area contributed by atoms with E-state index >= 15 is 0 Å². The number of alkyl halides is 3. The fourth-order valence-corrected chi connectivity index (χ4v) is 1.57. The van der Waals surface area contributed by atoms with Gasteiger partial charge in [-0.1, -0.05) is 0 Å². The summed E-state index contributed by atoms with van der Waals surface area (Å²) in [4.78, 5) is 17.1. The van der Waals surface area contributed by atoms with Crippen molar-refractivity contribution < 1.29 is 18.0 Å². The number of hydrogen-bond donors (Lipinski definition) is 1. The monoisotopic (exact) mass is 289 g/mol. The number of pyridine rings is 1. The minimum absolute atomic E-state index is 0.0884. The fraction of sp³-hybridized carbons (Fsp3) is 0.538. The lowest BCUT2D eigenvalue weighted by molar-refractivity contribution is -0.135. The van der Waals surface area contributed by atoms with Crippen LogP contribution in [0.25, 0.3) is 0 Å². The van der Waals surface area contributed by atoms with E-state index in [2.05, 4.69) is 10.3 Å². The Morgan fingerprint density at radius 3 is 2.65 bits per heavy atom. The summed E-state index contributed by atoms with van der Waals surface area (Å²) in [6.45, 7) is 0.426. The first-order valence-electron chi connectivity index (χ1n) is 6.28. The van der Waals surface area contributed by atoms with E-state index in [9.17, 15) is 18.0 Å². The Morgan fingerprint density at radius 1 is 1.35 bits per heavy atom. The van der Waals surface area contributed by atoms with Crippen LogP contribution in [0.3, 0.4) is 0 Å². The number of rotatable bonds is 6. The second-order valence-corrected chi connectivity index (χ2v) is 4.63. The first-order chi connectivity index (χ1) is 9.29. The molecule has 1 heterocycles. The van der Waals surface area contributed by atoms with Crippen LogP contribution >= 0.6 is 0 Å². The molecule has 0 saturated heterocycles. The highest BCUT2D eigenvalue weighted by molar-refractivity contribution is 5.92. The molecule has 0 fully saturated rings. The summed E-state index contributed by atoms with van der Waals surface area (Å²) in [7, 11) is 3.25. The Bertz CT molecular complexity index is 447. The fourth-order valence-electron chi connectivity index (χ4n) is 1.57. The number of unbranched alkanes of at least 4 members (excludes halogenated alkanes) is 1. The van der Waals surface area contributed by atoms with Gasteiger partial charge in [-0.05, 0) is 25.0 Å². The Labute approximate surface area is 116 Å². The molecule has 7 heteroatoms. The maximum absolute atomic E-state index is 12.0. The largest absolute Gasteiger partial charge is 0.389 e. The molecule has 112 valence electrons. The first kappa shape index (κ1) is 16.3. The molecule has 0 aliphatic rings. The molecule has 0 unspecified atom stereocenters. The van der Waals surface area contributed by atoms with Gasteiger partial charge in [0.2, 0.25) is 0 Å². The van der Waals surface area contributed by atoms with Gasteiger partial charge in [0, 0.05) is 38.9 Å². The summed E-state index contributed by atoms with van der Waals surface area (Å²) >= 11 is 0. The Hall–Kier alpha value is -1.79. The third-order valence-electron chi connectivity index (χ3n) is 2.60. The maximum Gasteiger partial charge on any atom is 0.389 e. The molecule has 0 radical (unpaired) electrons. The van der Waals surface area contributed by atoms with Gasteiger partial charge in [-0.3, -0.25) is 9.78 Å². The lowest BCUT2D eigenvalue weighted by Gasteiger charge is -2.11. The summed E-state index contributed by atoms with van der Waals surface area (Å²) in [6.07, 6.45) is -2.87. The normalized spacial score (nSPS) is 11.2. The molecule has 0 aliphatic carbocycles. The van der Waals surface area contributed by atoms with Gasteiger partial charge in [0.05, 0.1) is 0 Å². The van der Waals surface area contributed by atoms with Crippen molar-refractivity contribution in [3.63, 3.8) is 0 Å². The minimum atomic E-state index is -4.10. The van der Waals surface area contributed by atoms with Crippen LogP contribution in [-0.4, -0.2) is 42.6 Å². The molecule has 1 N–H and O–H groups in total. The van der Waals surface area contributed by atoms with Crippen LogP contribution < -0.4 is 5.32 Å². The van der Waals surface area contributed by atoms with Crippen molar-refractivity contribution in [2.75, 3.05) is 26.0 Å². The summed E-state index contributed by atoms with van der Waals surface area (Å²) in [5, 5.41) is 2.99. The van der Waals surface area contributed by atoms with Gasteiger partial charge in [-0.15, -0.1) is 0 Å². The van der Waals surface area contributed by atoms with E-state index in [-0.39, 0.29) is 12.3 Å². The smallest absolute Gasteiger partial charge is 0.385 e. The average molecular weight is 289 g/mol. The zero-order valence-electron chi connectivity index (χ0n) is 11.5. The molecule has 0 spiro atoms. The highest BCUT2D eigenvalue weighted by atomic mass is 19.4. The van der Waals surface area contributed by atoms with E-state index in [1.54, 1.807) is 26.2 Å². The molecule has 0 aromatic carbocycles. The molecule has 1 aromatic rings. The predicted octanol–water partition coefficient (Wildman–Crippen LogP) is 2.93. The molecule has 1 amide bonds. The zero-order chi connectivity index (χ0) is 15.2. The minimum Gasteiger partial charge on any atom is -0.385 e. The number of carbonyl (C=O) groups is 1. The predicted molar refractivity (Wildman–Crippen MR) is 70.7 cm³/mol. The third-order valence-corrected chi connectivity index (χ3v) is 2.60. The van der Waals surface area contributed by atoms with Crippen LogP contribution in [0.5, 0.6) is 0 Å². The van der Waals surface area contributed by atoms with E-state index in [1.165, 1.54) is 11.1 Å². The van der Waals surface area contributed by atoms with Crippen LogP contribution in [0.4, 0.5) is 18.9 Å². The Kier molecular flexibility index (Phi) is 5.79. The SMILES string of the molecule is CN(C)C(=O)c1cc(NCCCCC(F)(F)F)ccn1. The van der Waals surface area contributed by atoms with Crippen LogP contribution in [0.15, 0.2) is 18.3 Å².